The molecule has 0 radical (unpaired) electrons. The average Bonchev–Trinajstić information content (AvgIpc) is 2.50. The van der Waals surface area contributed by atoms with Crippen LogP contribution in [0.1, 0.15) is 42.6 Å². The molecule has 0 aliphatic rings. The number of halogens is 3. The summed E-state index contributed by atoms with van der Waals surface area (Å²) in [6.07, 6.45) is -2.30. The number of amides is 1. The zero-order valence-electron chi connectivity index (χ0n) is 12.4. The van der Waals surface area contributed by atoms with Crippen molar-refractivity contribution < 1.29 is 18.0 Å². The van der Waals surface area contributed by atoms with Gasteiger partial charge in [0.15, 0.2) is 0 Å². The van der Waals surface area contributed by atoms with Crippen molar-refractivity contribution in [2.45, 2.75) is 38.9 Å². The van der Waals surface area contributed by atoms with E-state index in [9.17, 15) is 18.0 Å². The monoisotopic (exact) mass is 310 g/mol. The maximum Gasteiger partial charge on any atom is 0.417 e. The molecule has 1 N–H and O–H groups in total. The summed E-state index contributed by atoms with van der Waals surface area (Å²) >= 11 is 0. The summed E-state index contributed by atoms with van der Waals surface area (Å²) in [5.74, 6) is -0.737. The summed E-state index contributed by atoms with van der Waals surface area (Å²) in [6, 6.07) is 5.79. The van der Waals surface area contributed by atoms with Crippen LogP contribution in [0.25, 0.3) is 10.9 Å². The van der Waals surface area contributed by atoms with Crippen molar-refractivity contribution in [2.75, 3.05) is 0 Å². The van der Waals surface area contributed by atoms with Gasteiger partial charge < -0.3 is 5.32 Å². The van der Waals surface area contributed by atoms with Crippen LogP contribution in [0.15, 0.2) is 30.5 Å². The van der Waals surface area contributed by atoms with E-state index in [4.69, 9.17) is 0 Å². The molecular formula is C16H17F3N2O. The molecule has 3 nitrogen and oxygen atoms in total. The van der Waals surface area contributed by atoms with Crippen LogP contribution in [0, 0.1) is 0 Å². The molecule has 0 saturated carbocycles. The van der Waals surface area contributed by atoms with Gasteiger partial charge in [0.05, 0.1) is 16.6 Å². The maximum atomic E-state index is 13.4. The van der Waals surface area contributed by atoms with Gasteiger partial charge in [0, 0.05) is 17.6 Å². The first-order chi connectivity index (χ1) is 10.4. The fourth-order valence-corrected chi connectivity index (χ4v) is 2.37. The molecule has 0 fully saturated rings. The fourth-order valence-electron chi connectivity index (χ4n) is 2.37. The number of rotatable bonds is 4. The van der Waals surface area contributed by atoms with Crippen LogP contribution >= 0.6 is 0 Å². The number of fused-ring (bicyclic) bond motifs is 1. The van der Waals surface area contributed by atoms with Crippen LogP contribution in [-0.4, -0.2) is 16.9 Å². The van der Waals surface area contributed by atoms with E-state index in [0.29, 0.717) is 12.8 Å². The lowest BCUT2D eigenvalue weighted by molar-refractivity contribution is -0.136. The van der Waals surface area contributed by atoms with Crippen molar-refractivity contribution in [3.8, 4) is 0 Å². The van der Waals surface area contributed by atoms with E-state index in [1.165, 1.54) is 18.2 Å². The van der Waals surface area contributed by atoms with Crippen molar-refractivity contribution in [3.63, 3.8) is 0 Å². The predicted molar refractivity (Wildman–Crippen MR) is 78.6 cm³/mol. The van der Waals surface area contributed by atoms with E-state index in [-0.39, 0.29) is 16.9 Å². The third-order valence-corrected chi connectivity index (χ3v) is 3.62. The molecule has 118 valence electrons. The molecule has 0 saturated heterocycles. The first kappa shape index (κ1) is 16.3. The van der Waals surface area contributed by atoms with Gasteiger partial charge in [-0.1, -0.05) is 32.0 Å². The topological polar surface area (TPSA) is 42.0 Å². The molecule has 1 aromatic heterocycles. The van der Waals surface area contributed by atoms with Crippen LogP contribution in [0.2, 0.25) is 0 Å². The Bertz CT molecular complexity index is 679. The zero-order valence-corrected chi connectivity index (χ0v) is 12.4. The Morgan fingerprint density at radius 2 is 1.86 bits per heavy atom. The van der Waals surface area contributed by atoms with E-state index in [2.05, 4.69) is 10.3 Å². The standard InChI is InChI=1S/C16H17F3N2O/c1-3-10(4-2)21-15(22)12-9-20-13-8-6-5-7-11(13)14(12)16(17,18)19/h5-10H,3-4H2,1-2H3,(H,21,22). The highest BCUT2D eigenvalue weighted by molar-refractivity contribution is 6.00. The van der Waals surface area contributed by atoms with Crippen LogP contribution in [0.3, 0.4) is 0 Å². The number of alkyl halides is 3. The molecule has 0 aliphatic heterocycles. The van der Waals surface area contributed by atoms with Gasteiger partial charge in [-0.05, 0) is 18.9 Å². The van der Waals surface area contributed by atoms with E-state index >= 15 is 0 Å². The van der Waals surface area contributed by atoms with Crippen LogP contribution < -0.4 is 5.32 Å². The summed E-state index contributed by atoms with van der Waals surface area (Å²) < 4.78 is 40.3. The molecular weight excluding hydrogens is 293 g/mol. The minimum atomic E-state index is -4.62. The number of benzene rings is 1. The molecule has 0 spiro atoms. The number of aromatic nitrogens is 1. The molecule has 1 amide bonds. The zero-order chi connectivity index (χ0) is 16.3. The number of nitrogens with one attached hydrogen (secondary N) is 1. The lowest BCUT2D eigenvalue weighted by atomic mass is 10.0. The van der Waals surface area contributed by atoms with E-state index in [1.54, 1.807) is 6.07 Å². The van der Waals surface area contributed by atoms with Gasteiger partial charge in [-0.25, -0.2) is 0 Å². The molecule has 0 bridgehead atoms. The van der Waals surface area contributed by atoms with Gasteiger partial charge >= 0.3 is 6.18 Å². The summed E-state index contributed by atoms with van der Waals surface area (Å²) in [5, 5.41) is 2.57. The van der Waals surface area contributed by atoms with Crippen molar-refractivity contribution in [1.82, 2.24) is 10.3 Å². The van der Waals surface area contributed by atoms with Gasteiger partial charge in [-0.3, -0.25) is 9.78 Å². The summed E-state index contributed by atoms with van der Waals surface area (Å²) in [7, 11) is 0. The highest BCUT2D eigenvalue weighted by Crippen LogP contribution is 2.36. The van der Waals surface area contributed by atoms with Gasteiger partial charge in [0.2, 0.25) is 0 Å². The lowest BCUT2D eigenvalue weighted by Crippen LogP contribution is -2.35. The first-order valence-corrected chi connectivity index (χ1v) is 7.14. The number of carbonyl (C=O) groups is 1. The number of para-hydroxylation sites is 1. The first-order valence-electron chi connectivity index (χ1n) is 7.14. The van der Waals surface area contributed by atoms with Gasteiger partial charge in [0.1, 0.15) is 0 Å². The number of carbonyl (C=O) groups excluding carboxylic acids is 1. The minimum absolute atomic E-state index is 0.0628. The number of pyridine rings is 1. The molecule has 0 atom stereocenters. The maximum absolute atomic E-state index is 13.4. The Morgan fingerprint density at radius 3 is 2.45 bits per heavy atom. The molecule has 2 aromatic rings. The second-order valence-corrected chi connectivity index (χ2v) is 5.05. The smallest absolute Gasteiger partial charge is 0.349 e. The SMILES string of the molecule is CCC(CC)NC(=O)c1cnc2ccccc2c1C(F)(F)F. The normalized spacial score (nSPS) is 11.9. The van der Waals surface area contributed by atoms with Crippen molar-refractivity contribution >= 4 is 16.8 Å². The molecule has 1 aromatic carbocycles. The number of nitrogens with zero attached hydrogens (tertiary/aromatic N) is 1. The van der Waals surface area contributed by atoms with Crippen molar-refractivity contribution in [2.24, 2.45) is 0 Å². The number of hydrogen-bond acceptors (Lipinski definition) is 2. The third-order valence-electron chi connectivity index (χ3n) is 3.62. The largest absolute Gasteiger partial charge is 0.417 e. The third kappa shape index (κ3) is 3.21. The molecule has 2 rings (SSSR count). The Labute approximate surface area is 126 Å². The highest BCUT2D eigenvalue weighted by Gasteiger charge is 2.37. The fraction of sp³-hybridized carbons (Fsp3) is 0.375. The molecule has 6 heteroatoms. The Balaban J connectivity index is 2.56. The van der Waals surface area contributed by atoms with Crippen molar-refractivity contribution in [1.29, 1.82) is 0 Å². The van der Waals surface area contributed by atoms with Gasteiger partial charge in [-0.2, -0.15) is 13.2 Å². The molecule has 0 unspecified atom stereocenters. The van der Waals surface area contributed by atoms with E-state index in [0.717, 1.165) is 6.20 Å². The highest BCUT2D eigenvalue weighted by atomic mass is 19.4. The molecule has 1 heterocycles. The average molecular weight is 310 g/mol. The van der Waals surface area contributed by atoms with Crippen LogP contribution in [-0.2, 0) is 6.18 Å². The van der Waals surface area contributed by atoms with Gasteiger partial charge in [0.25, 0.3) is 5.91 Å². The summed E-state index contributed by atoms with van der Waals surface area (Å²) in [6.45, 7) is 3.75. The number of hydrogen-bond donors (Lipinski definition) is 1. The summed E-state index contributed by atoms with van der Waals surface area (Å²) in [4.78, 5) is 16.2. The van der Waals surface area contributed by atoms with Crippen molar-refractivity contribution in [3.05, 3.63) is 41.6 Å². The second-order valence-electron chi connectivity index (χ2n) is 5.05. The van der Waals surface area contributed by atoms with E-state index < -0.39 is 23.2 Å². The molecule has 0 aliphatic carbocycles. The van der Waals surface area contributed by atoms with Crippen LogP contribution in [0.4, 0.5) is 13.2 Å². The van der Waals surface area contributed by atoms with Crippen LogP contribution in [0.5, 0.6) is 0 Å². The summed E-state index contributed by atoms with van der Waals surface area (Å²) in [5.41, 5.74) is -1.14. The predicted octanol–water partition coefficient (Wildman–Crippen LogP) is 4.17. The quantitative estimate of drug-likeness (QED) is 0.921. The molecule has 22 heavy (non-hydrogen) atoms. The van der Waals surface area contributed by atoms with E-state index in [1.807, 2.05) is 13.8 Å². The lowest BCUT2D eigenvalue weighted by Gasteiger charge is -2.18. The minimum Gasteiger partial charge on any atom is -0.349 e. The Morgan fingerprint density at radius 1 is 1.23 bits per heavy atom. The Hall–Kier alpha value is -2.11. The second kappa shape index (κ2) is 6.34. The Kier molecular flexibility index (Phi) is 4.68. The van der Waals surface area contributed by atoms with Gasteiger partial charge in [-0.15, -0.1) is 0 Å².